The molecule has 0 spiro atoms. The fourth-order valence-corrected chi connectivity index (χ4v) is 2.95. The number of ether oxygens (including phenoxy) is 1. The molecule has 2 rings (SSSR count). The summed E-state index contributed by atoms with van der Waals surface area (Å²) < 4.78 is 31.6. The average molecular weight is 241 g/mol. The highest BCUT2D eigenvalue weighted by molar-refractivity contribution is 7.89. The summed E-state index contributed by atoms with van der Waals surface area (Å²) in [5.41, 5.74) is 0.584. The smallest absolute Gasteiger partial charge is 0.241 e. The van der Waals surface area contributed by atoms with Crippen molar-refractivity contribution in [2.24, 2.45) is 0 Å². The maximum Gasteiger partial charge on any atom is 0.241 e. The molecular formula is C11H15NO3S. The largest absolute Gasteiger partial charge is 0.377 e. The van der Waals surface area contributed by atoms with Gasteiger partial charge in [0.05, 0.1) is 23.6 Å². The Bertz CT molecular complexity index is 474. The van der Waals surface area contributed by atoms with Crippen molar-refractivity contribution < 1.29 is 13.2 Å². The van der Waals surface area contributed by atoms with E-state index in [4.69, 9.17) is 4.74 Å². The Morgan fingerprint density at radius 2 is 1.81 bits per heavy atom. The molecule has 0 aromatic heterocycles. The van der Waals surface area contributed by atoms with Gasteiger partial charge in [-0.3, -0.25) is 0 Å². The van der Waals surface area contributed by atoms with E-state index in [1.807, 2.05) is 13.8 Å². The minimum absolute atomic E-state index is 0.297. The third-order valence-corrected chi connectivity index (χ3v) is 4.21. The van der Waals surface area contributed by atoms with Gasteiger partial charge in [0.2, 0.25) is 10.0 Å². The predicted octanol–water partition coefficient (Wildman–Crippen LogP) is 1.06. The van der Waals surface area contributed by atoms with E-state index in [0.717, 1.165) is 5.56 Å². The van der Waals surface area contributed by atoms with Crippen molar-refractivity contribution in [2.75, 3.05) is 13.2 Å². The van der Waals surface area contributed by atoms with E-state index in [-0.39, 0.29) is 0 Å². The van der Waals surface area contributed by atoms with Gasteiger partial charge < -0.3 is 4.74 Å². The molecule has 1 fully saturated rings. The Hall–Kier alpha value is -0.910. The number of nitrogens with one attached hydrogen (secondary N) is 1. The molecular weight excluding hydrogens is 226 g/mol. The number of rotatable bonds is 3. The molecule has 88 valence electrons. The van der Waals surface area contributed by atoms with Crippen LogP contribution in [0.15, 0.2) is 29.2 Å². The molecule has 4 nitrogen and oxygen atoms in total. The maximum absolute atomic E-state index is 12.0. The van der Waals surface area contributed by atoms with Gasteiger partial charge in [-0.05, 0) is 26.0 Å². The van der Waals surface area contributed by atoms with Gasteiger partial charge >= 0.3 is 0 Å². The highest BCUT2D eigenvalue weighted by Crippen LogP contribution is 2.20. The predicted molar refractivity (Wildman–Crippen MR) is 60.7 cm³/mol. The van der Waals surface area contributed by atoms with Crippen LogP contribution in [0, 0.1) is 6.92 Å². The molecule has 1 saturated heterocycles. The van der Waals surface area contributed by atoms with Crippen molar-refractivity contribution in [3.63, 3.8) is 0 Å². The highest BCUT2D eigenvalue weighted by Gasteiger charge is 2.37. The molecule has 0 amide bonds. The topological polar surface area (TPSA) is 55.4 Å². The van der Waals surface area contributed by atoms with Gasteiger partial charge in [0.1, 0.15) is 0 Å². The molecule has 1 aliphatic heterocycles. The molecule has 5 heteroatoms. The van der Waals surface area contributed by atoms with E-state index in [2.05, 4.69) is 4.72 Å². The molecule has 1 aromatic rings. The van der Waals surface area contributed by atoms with Crippen LogP contribution in [0.1, 0.15) is 12.5 Å². The van der Waals surface area contributed by atoms with Crippen molar-refractivity contribution in [3.05, 3.63) is 29.8 Å². The number of sulfonamides is 1. The monoisotopic (exact) mass is 241 g/mol. The molecule has 0 aliphatic carbocycles. The standard InChI is InChI=1S/C11H15NO3S/c1-9-3-5-10(6-4-9)16(13,14)12-11(2)7-15-8-11/h3-6,12H,7-8H2,1-2H3. The zero-order valence-electron chi connectivity index (χ0n) is 9.36. The first-order chi connectivity index (χ1) is 7.41. The van der Waals surface area contributed by atoms with Crippen LogP contribution in [0.25, 0.3) is 0 Å². The van der Waals surface area contributed by atoms with Gasteiger partial charge in [-0.2, -0.15) is 0 Å². The normalized spacial score (nSPS) is 19.1. The lowest BCUT2D eigenvalue weighted by Crippen LogP contribution is -2.59. The first-order valence-corrected chi connectivity index (χ1v) is 6.58. The van der Waals surface area contributed by atoms with Crippen LogP contribution in [-0.4, -0.2) is 27.2 Å². The molecule has 0 bridgehead atoms. The number of aryl methyl sites for hydroxylation is 1. The Kier molecular flexibility index (Phi) is 2.77. The Balaban J connectivity index is 2.22. The molecule has 1 aromatic carbocycles. The van der Waals surface area contributed by atoms with E-state index in [9.17, 15) is 8.42 Å². The van der Waals surface area contributed by atoms with Gasteiger partial charge in [0.25, 0.3) is 0 Å². The van der Waals surface area contributed by atoms with Crippen LogP contribution in [0.4, 0.5) is 0 Å². The maximum atomic E-state index is 12.0. The second-order valence-electron chi connectivity index (χ2n) is 4.47. The van der Waals surface area contributed by atoms with E-state index < -0.39 is 15.6 Å². The van der Waals surface area contributed by atoms with Crippen LogP contribution in [-0.2, 0) is 14.8 Å². The summed E-state index contributed by atoms with van der Waals surface area (Å²) in [7, 11) is -3.43. The molecule has 1 heterocycles. The molecule has 1 N–H and O–H groups in total. The van der Waals surface area contributed by atoms with Crippen LogP contribution >= 0.6 is 0 Å². The van der Waals surface area contributed by atoms with Crippen molar-refractivity contribution >= 4 is 10.0 Å². The fourth-order valence-electron chi connectivity index (χ4n) is 1.57. The van der Waals surface area contributed by atoms with Gasteiger partial charge in [-0.1, -0.05) is 17.7 Å². The van der Waals surface area contributed by atoms with E-state index in [1.165, 1.54) is 0 Å². The second-order valence-corrected chi connectivity index (χ2v) is 6.15. The summed E-state index contributed by atoms with van der Waals surface area (Å²) >= 11 is 0. The minimum Gasteiger partial charge on any atom is -0.377 e. The summed E-state index contributed by atoms with van der Waals surface area (Å²) in [6.45, 7) is 4.61. The first kappa shape index (κ1) is 11.6. The molecule has 0 unspecified atom stereocenters. The highest BCUT2D eigenvalue weighted by atomic mass is 32.2. The van der Waals surface area contributed by atoms with Crippen LogP contribution in [0.3, 0.4) is 0 Å². The summed E-state index contributed by atoms with van der Waals surface area (Å²) in [5, 5.41) is 0. The zero-order chi connectivity index (χ0) is 11.8. The van der Waals surface area contributed by atoms with Crippen molar-refractivity contribution in [3.8, 4) is 0 Å². The summed E-state index contributed by atoms with van der Waals surface area (Å²) in [6.07, 6.45) is 0. The van der Waals surface area contributed by atoms with Crippen molar-refractivity contribution in [1.82, 2.24) is 4.72 Å². The van der Waals surface area contributed by atoms with Crippen LogP contribution in [0.5, 0.6) is 0 Å². The second kappa shape index (κ2) is 3.84. The third-order valence-electron chi connectivity index (χ3n) is 2.55. The summed E-state index contributed by atoms with van der Waals surface area (Å²) in [4.78, 5) is 0.297. The lowest BCUT2D eigenvalue weighted by molar-refractivity contribution is -0.0523. The van der Waals surface area contributed by atoms with E-state index in [0.29, 0.717) is 18.1 Å². The van der Waals surface area contributed by atoms with Gasteiger partial charge in [-0.25, -0.2) is 13.1 Å². The minimum atomic E-state index is -3.43. The van der Waals surface area contributed by atoms with Gasteiger partial charge in [0.15, 0.2) is 0 Å². The SMILES string of the molecule is Cc1ccc(S(=O)(=O)NC2(C)COC2)cc1. The van der Waals surface area contributed by atoms with Crippen LogP contribution in [0.2, 0.25) is 0 Å². The summed E-state index contributed by atoms with van der Waals surface area (Å²) in [6, 6.07) is 6.80. The Labute approximate surface area is 95.7 Å². The number of hydrogen-bond acceptors (Lipinski definition) is 3. The van der Waals surface area contributed by atoms with Crippen molar-refractivity contribution in [2.45, 2.75) is 24.3 Å². The lowest BCUT2D eigenvalue weighted by atomic mass is 10.0. The quantitative estimate of drug-likeness (QED) is 0.861. The van der Waals surface area contributed by atoms with E-state index >= 15 is 0 Å². The van der Waals surface area contributed by atoms with Gasteiger partial charge in [-0.15, -0.1) is 0 Å². The molecule has 0 saturated carbocycles. The molecule has 16 heavy (non-hydrogen) atoms. The number of hydrogen-bond donors (Lipinski definition) is 1. The average Bonchev–Trinajstić information content (AvgIpc) is 2.15. The lowest BCUT2D eigenvalue weighted by Gasteiger charge is -2.38. The Morgan fingerprint density at radius 3 is 2.25 bits per heavy atom. The Morgan fingerprint density at radius 1 is 1.25 bits per heavy atom. The van der Waals surface area contributed by atoms with Crippen molar-refractivity contribution in [1.29, 1.82) is 0 Å². The van der Waals surface area contributed by atoms with E-state index in [1.54, 1.807) is 24.3 Å². The zero-order valence-corrected chi connectivity index (χ0v) is 10.2. The van der Waals surface area contributed by atoms with Crippen LogP contribution < -0.4 is 4.72 Å². The first-order valence-electron chi connectivity index (χ1n) is 5.10. The van der Waals surface area contributed by atoms with Gasteiger partial charge in [0, 0.05) is 0 Å². The fraction of sp³-hybridized carbons (Fsp3) is 0.455. The third kappa shape index (κ3) is 2.26. The molecule has 1 aliphatic rings. The molecule has 0 atom stereocenters. The number of benzene rings is 1. The summed E-state index contributed by atoms with van der Waals surface area (Å²) in [5.74, 6) is 0. The molecule has 0 radical (unpaired) electrons.